The van der Waals surface area contributed by atoms with Gasteiger partial charge in [0, 0.05) is 7.05 Å². The summed E-state index contributed by atoms with van der Waals surface area (Å²) in [5.74, 6) is 0.653. The SMILES string of the molecule is CC[S+]([O-])c1ccc(-n2cc(C#N)cn2)nc1-c1nc2cc(C(F)(F)F)nc(C#N)c2n1C. The van der Waals surface area contributed by atoms with Crippen molar-refractivity contribution in [2.24, 2.45) is 7.05 Å². The molecule has 4 rings (SSSR count). The molecule has 0 amide bonds. The number of alkyl halides is 3. The largest absolute Gasteiger partial charge is 0.611 e. The van der Waals surface area contributed by atoms with Crippen LogP contribution in [0.1, 0.15) is 23.9 Å². The zero-order chi connectivity index (χ0) is 23.9. The van der Waals surface area contributed by atoms with Gasteiger partial charge in [-0.2, -0.15) is 28.8 Å². The summed E-state index contributed by atoms with van der Waals surface area (Å²) in [6.07, 6.45) is -1.97. The fraction of sp³-hybridized carbons (Fsp3) is 0.200. The maximum absolute atomic E-state index is 13.3. The van der Waals surface area contributed by atoms with Crippen LogP contribution in [0.3, 0.4) is 0 Å². The monoisotopic (exact) mass is 470 g/mol. The smallest absolute Gasteiger partial charge is 0.433 e. The topological polar surface area (TPSA) is 132 Å². The molecule has 0 N–H and O–H groups in total. The van der Waals surface area contributed by atoms with Crippen LogP contribution >= 0.6 is 0 Å². The summed E-state index contributed by atoms with van der Waals surface area (Å²) >= 11 is -1.48. The summed E-state index contributed by atoms with van der Waals surface area (Å²) in [6, 6.07) is 7.52. The molecule has 1 atom stereocenters. The van der Waals surface area contributed by atoms with E-state index < -0.39 is 28.7 Å². The molecule has 4 aromatic heterocycles. The van der Waals surface area contributed by atoms with Crippen LogP contribution in [-0.4, -0.2) is 39.6 Å². The first-order valence-corrected chi connectivity index (χ1v) is 10.7. The predicted molar refractivity (Wildman–Crippen MR) is 110 cm³/mol. The number of halogens is 3. The Bertz CT molecular complexity index is 1460. The lowest BCUT2D eigenvalue weighted by Crippen LogP contribution is -2.11. The van der Waals surface area contributed by atoms with Crippen LogP contribution in [0, 0.1) is 22.7 Å². The average molecular weight is 470 g/mol. The quantitative estimate of drug-likeness (QED) is 0.419. The van der Waals surface area contributed by atoms with E-state index in [1.54, 1.807) is 25.1 Å². The number of imidazole rings is 1. The van der Waals surface area contributed by atoms with Crippen molar-refractivity contribution < 1.29 is 17.7 Å². The highest BCUT2D eigenvalue weighted by Gasteiger charge is 2.35. The number of aromatic nitrogens is 6. The first-order chi connectivity index (χ1) is 15.7. The van der Waals surface area contributed by atoms with Gasteiger partial charge in [0.25, 0.3) is 0 Å². The van der Waals surface area contributed by atoms with E-state index >= 15 is 0 Å². The third-order valence-electron chi connectivity index (χ3n) is 4.76. The van der Waals surface area contributed by atoms with Crippen molar-refractivity contribution in [3.05, 3.63) is 47.5 Å². The van der Waals surface area contributed by atoms with E-state index in [1.807, 2.05) is 6.07 Å². The Morgan fingerprint density at radius 3 is 2.52 bits per heavy atom. The number of aryl methyl sites for hydroxylation is 1. The van der Waals surface area contributed by atoms with Crippen LogP contribution in [0.25, 0.3) is 28.4 Å². The molecule has 0 saturated carbocycles. The summed E-state index contributed by atoms with van der Waals surface area (Å²) in [6.45, 7) is 1.71. The van der Waals surface area contributed by atoms with Crippen molar-refractivity contribution in [2.45, 2.75) is 18.0 Å². The van der Waals surface area contributed by atoms with Gasteiger partial charge >= 0.3 is 6.18 Å². The van der Waals surface area contributed by atoms with Crippen LogP contribution in [0.2, 0.25) is 0 Å². The van der Waals surface area contributed by atoms with Crippen LogP contribution in [0.5, 0.6) is 0 Å². The summed E-state index contributed by atoms with van der Waals surface area (Å²) in [5, 5.41) is 22.5. The van der Waals surface area contributed by atoms with Gasteiger partial charge in [0.05, 0.1) is 23.5 Å². The molecule has 33 heavy (non-hydrogen) atoms. The van der Waals surface area contributed by atoms with E-state index in [-0.39, 0.29) is 34.1 Å². The third kappa shape index (κ3) is 3.88. The molecular weight excluding hydrogens is 457 g/mol. The molecule has 0 spiro atoms. The van der Waals surface area contributed by atoms with Gasteiger partial charge in [-0.1, -0.05) is 0 Å². The van der Waals surface area contributed by atoms with Gasteiger partial charge in [-0.25, -0.2) is 19.6 Å². The highest BCUT2D eigenvalue weighted by atomic mass is 32.2. The Morgan fingerprint density at radius 2 is 1.91 bits per heavy atom. The van der Waals surface area contributed by atoms with Crippen molar-refractivity contribution in [2.75, 3.05) is 5.75 Å². The van der Waals surface area contributed by atoms with E-state index in [4.69, 9.17) is 5.26 Å². The molecule has 0 aliphatic carbocycles. The Balaban J connectivity index is 1.99. The molecular formula is C20H13F3N8OS. The molecule has 9 nitrogen and oxygen atoms in total. The second-order valence-corrected chi connectivity index (χ2v) is 8.47. The zero-order valence-electron chi connectivity index (χ0n) is 17.1. The van der Waals surface area contributed by atoms with Crippen molar-refractivity contribution in [1.29, 1.82) is 10.5 Å². The van der Waals surface area contributed by atoms with Crippen molar-refractivity contribution in [3.63, 3.8) is 0 Å². The Hall–Kier alpha value is -3.94. The number of hydrogen-bond acceptors (Lipinski definition) is 7. The van der Waals surface area contributed by atoms with Gasteiger partial charge in [-0.3, -0.25) is 0 Å². The van der Waals surface area contributed by atoms with Gasteiger partial charge in [-0.15, -0.1) is 0 Å². The normalized spacial score (nSPS) is 12.5. The zero-order valence-corrected chi connectivity index (χ0v) is 17.9. The summed E-state index contributed by atoms with van der Waals surface area (Å²) < 4.78 is 55.2. The lowest BCUT2D eigenvalue weighted by molar-refractivity contribution is -0.141. The molecule has 0 saturated heterocycles. The minimum atomic E-state index is -4.76. The summed E-state index contributed by atoms with van der Waals surface area (Å²) in [7, 11) is 1.51. The van der Waals surface area contributed by atoms with Gasteiger partial charge in [0.2, 0.25) is 0 Å². The number of hydrogen-bond donors (Lipinski definition) is 0. The summed E-state index contributed by atoms with van der Waals surface area (Å²) in [4.78, 5) is 12.5. The van der Waals surface area contributed by atoms with E-state index in [2.05, 4.69) is 20.1 Å². The van der Waals surface area contributed by atoms with Crippen LogP contribution in [-0.2, 0) is 24.4 Å². The predicted octanol–water partition coefficient (Wildman–Crippen LogP) is 3.11. The second kappa shape index (κ2) is 8.20. The number of pyridine rings is 2. The van der Waals surface area contributed by atoms with Crippen LogP contribution in [0.4, 0.5) is 13.2 Å². The number of rotatable bonds is 4. The molecule has 166 valence electrons. The molecule has 0 radical (unpaired) electrons. The van der Waals surface area contributed by atoms with Gasteiger partial charge in [0.15, 0.2) is 27.9 Å². The highest BCUT2D eigenvalue weighted by Crippen LogP contribution is 2.34. The number of nitrogens with zero attached hydrogens (tertiary/aromatic N) is 8. The number of nitriles is 2. The maximum Gasteiger partial charge on any atom is 0.433 e. The standard InChI is InChI=1S/C20H13F3N8OS/c1-3-33(32)14-4-5-16(31-10-11(7-24)9-26-31)29-17(14)19-28-12-6-15(20(21,22)23)27-13(8-25)18(12)30(19)2/h4-6,9-10H,3H2,1-2H3. The minimum Gasteiger partial charge on any atom is -0.611 e. The molecule has 0 aliphatic rings. The molecule has 4 aromatic rings. The van der Waals surface area contributed by atoms with Crippen molar-refractivity contribution in [1.82, 2.24) is 29.3 Å². The lowest BCUT2D eigenvalue weighted by atomic mass is 10.2. The lowest BCUT2D eigenvalue weighted by Gasteiger charge is -2.13. The van der Waals surface area contributed by atoms with Crippen LogP contribution in [0.15, 0.2) is 35.5 Å². The molecule has 4 heterocycles. The molecule has 13 heteroatoms. The molecule has 0 aromatic carbocycles. The summed E-state index contributed by atoms with van der Waals surface area (Å²) in [5.41, 5.74) is -1.24. The first kappa shape index (κ1) is 22.3. The Labute approximate surface area is 187 Å². The Morgan fingerprint density at radius 1 is 1.15 bits per heavy atom. The third-order valence-corrected chi connectivity index (χ3v) is 6.10. The average Bonchev–Trinajstić information content (AvgIpc) is 3.41. The van der Waals surface area contributed by atoms with Crippen molar-refractivity contribution >= 4 is 22.2 Å². The van der Waals surface area contributed by atoms with E-state index in [0.29, 0.717) is 10.5 Å². The minimum absolute atomic E-state index is 0.0896. The molecule has 1 unspecified atom stereocenters. The first-order valence-electron chi connectivity index (χ1n) is 9.37. The molecule has 0 fully saturated rings. The molecule has 0 aliphatic heterocycles. The van der Waals surface area contributed by atoms with E-state index in [1.165, 1.54) is 28.7 Å². The second-order valence-electron chi connectivity index (χ2n) is 6.76. The van der Waals surface area contributed by atoms with Crippen molar-refractivity contribution in [3.8, 4) is 29.5 Å². The maximum atomic E-state index is 13.3. The number of fused-ring (bicyclic) bond motifs is 1. The highest BCUT2D eigenvalue weighted by molar-refractivity contribution is 7.91. The fourth-order valence-corrected chi connectivity index (χ4v) is 4.12. The molecule has 0 bridgehead atoms. The van der Waals surface area contributed by atoms with E-state index in [9.17, 15) is 23.0 Å². The van der Waals surface area contributed by atoms with Crippen LogP contribution < -0.4 is 0 Å². The van der Waals surface area contributed by atoms with Gasteiger partial charge in [0.1, 0.15) is 29.1 Å². The van der Waals surface area contributed by atoms with Gasteiger partial charge in [-0.05, 0) is 36.3 Å². The van der Waals surface area contributed by atoms with E-state index in [0.717, 1.165) is 6.07 Å². The van der Waals surface area contributed by atoms with Gasteiger partial charge < -0.3 is 9.12 Å². The fourth-order valence-electron chi connectivity index (χ4n) is 3.24. The Kier molecular flexibility index (Phi) is 5.53.